The van der Waals surface area contributed by atoms with Crippen LogP contribution in [0.25, 0.3) is 0 Å². The lowest BCUT2D eigenvalue weighted by Crippen LogP contribution is -2.50. The Bertz CT molecular complexity index is 527. The Hall–Kier alpha value is -1.89. The van der Waals surface area contributed by atoms with Crippen LogP contribution in [0.3, 0.4) is 0 Å². The SMILES string of the molecule is Cc1cc(C(=O)N2CC[C@H]3C(=O)NCCO[C@H]3C2)no1. The van der Waals surface area contributed by atoms with Crippen molar-refractivity contribution in [3.05, 3.63) is 17.5 Å². The van der Waals surface area contributed by atoms with Gasteiger partial charge in [0, 0.05) is 25.7 Å². The second kappa shape index (κ2) is 5.24. The zero-order valence-corrected chi connectivity index (χ0v) is 11.3. The van der Waals surface area contributed by atoms with Gasteiger partial charge in [0.2, 0.25) is 5.91 Å². The minimum atomic E-state index is -0.233. The molecular formula is C13H17N3O4. The summed E-state index contributed by atoms with van der Waals surface area (Å²) < 4.78 is 10.6. The van der Waals surface area contributed by atoms with Crippen molar-refractivity contribution in [1.82, 2.24) is 15.4 Å². The molecular weight excluding hydrogens is 262 g/mol. The third kappa shape index (κ3) is 2.40. The van der Waals surface area contributed by atoms with Crippen LogP contribution in [0, 0.1) is 12.8 Å². The molecule has 2 saturated heterocycles. The quantitative estimate of drug-likeness (QED) is 0.779. The van der Waals surface area contributed by atoms with E-state index >= 15 is 0 Å². The predicted molar refractivity (Wildman–Crippen MR) is 68.0 cm³/mol. The van der Waals surface area contributed by atoms with Crippen molar-refractivity contribution >= 4 is 11.8 Å². The second-order valence-corrected chi connectivity index (χ2v) is 5.17. The number of piperidine rings is 1. The summed E-state index contributed by atoms with van der Waals surface area (Å²) in [7, 11) is 0. The average molecular weight is 279 g/mol. The van der Waals surface area contributed by atoms with Crippen LogP contribution in [0.5, 0.6) is 0 Å². The molecule has 1 aromatic heterocycles. The summed E-state index contributed by atoms with van der Waals surface area (Å²) in [5.74, 6) is 0.291. The number of rotatable bonds is 1. The molecule has 2 aliphatic heterocycles. The van der Waals surface area contributed by atoms with E-state index in [1.54, 1.807) is 17.9 Å². The van der Waals surface area contributed by atoms with Crippen molar-refractivity contribution in [3.63, 3.8) is 0 Å². The maximum Gasteiger partial charge on any atom is 0.276 e. The van der Waals surface area contributed by atoms with Crippen LogP contribution in [0.4, 0.5) is 0 Å². The number of likely N-dealkylation sites (tertiary alicyclic amines) is 1. The summed E-state index contributed by atoms with van der Waals surface area (Å²) >= 11 is 0. The zero-order valence-electron chi connectivity index (χ0n) is 11.3. The minimum absolute atomic E-state index is 0.0249. The average Bonchev–Trinajstić information content (AvgIpc) is 2.80. The molecule has 2 fully saturated rings. The van der Waals surface area contributed by atoms with Crippen LogP contribution in [0.2, 0.25) is 0 Å². The third-order valence-electron chi connectivity index (χ3n) is 3.76. The van der Waals surface area contributed by atoms with Gasteiger partial charge >= 0.3 is 0 Å². The first-order valence-electron chi connectivity index (χ1n) is 6.77. The van der Waals surface area contributed by atoms with Crippen molar-refractivity contribution < 1.29 is 18.8 Å². The number of fused-ring (bicyclic) bond motifs is 1. The van der Waals surface area contributed by atoms with Crippen LogP contribution in [-0.4, -0.2) is 54.2 Å². The van der Waals surface area contributed by atoms with Gasteiger partial charge in [-0.1, -0.05) is 5.16 Å². The minimum Gasteiger partial charge on any atom is -0.374 e. The highest BCUT2D eigenvalue weighted by Crippen LogP contribution is 2.23. The number of carbonyl (C=O) groups is 2. The lowest BCUT2D eigenvalue weighted by atomic mass is 9.93. The first kappa shape index (κ1) is 13.1. The molecule has 0 unspecified atom stereocenters. The van der Waals surface area contributed by atoms with Gasteiger partial charge in [-0.3, -0.25) is 9.59 Å². The Balaban J connectivity index is 1.71. The summed E-state index contributed by atoms with van der Waals surface area (Å²) in [4.78, 5) is 25.9. The molecule has 0 saturated carbocycles. The number of hydrogen-bond donors (Lipinski definition) is 1. The molecule has 7 heteroatoms. The van der Waals surface area contributed by atoms with Gasteiger partial charge in [0.1, 0.15) is 5.76 Å². The molecule has 2 amide bonds. The van der Waals surface area contributed by atoms with Gasteiger partial charge in [0.15, 0.2) is 5.69 Å². The summed E-state index contributed by atoms with van der Waals surface area (Å²) in [6, 6.07) is 1.62. The Morgan fingerprint density at radius 1 is 1.55 bits per heavy atom. The number of nitrogens with zero attached hydrogens (tertiary/aromatic N) is 2. The summed E-state index contributed by atoms with van der Waals surface area (Å²) in [5, 5.41) is 6.57. The molecule has 3 heterocycles. The number of ether oxygens (including phenoxy) is 1. The van der Waals surface area contributed by atoms with Crippen molar-refractivity contribution in [2.45, 2.75) is 19.4 Å². The molecule has 0 radical (unpaired) electrons. The van der Waals surface area contributed by atoms with Crippen LogP contribution in [0.15, 0.2) is 10.6 Å². The van der Waals surface area contributed by atoms with E-state index in [4.69, 9.17) is 9.26 Å². The number of hydrogen-bond acceptors (Lipinski definition) is 5. The van der Waals surface area contributed by atoms with Gasteiger partial charge < -0.3 is 19.5 Å². The van der Waals surface area contributed by atoms with Gasteiger partial charge in [-0.2, -0.15) is 0 Å². The lowest BCUT2D eigenvalue weighted by Gasteiger charge is -2.35. The number of carbonyl (C=O) groups excluding carboxylic acids is 2. The van der Waals surface area contributed by atoms with Crippen LogP contribution < -0.4 is 5.32 Å². The smallest absolute Gasteiger partial charge is 0.276 e. The van der Waals surface area contributed by atoms with Crippen molar-refractivity contribution in [3.8, 4) is 0 Å². The van der Waals surface area contributed by atoms with Crippen molar-refractivity contribution in [2.24, 2.45) is 5.92 Å². The van der Waals surface area contributed by atoms with Crippen LogP contribution >= 0.6 is 0 Å². The number of aryl methyl sites for hydroxylation is 1. The van der Waals surface area contributed by atoms with Gasteiger partial charge in [0.25, 0.3) is 5.91 Å². The highest BCUT2D eigenvalue weighted by Gasteiger charge is 2.38. The molecule has 3 rings (SSSR count). The van der Waals surface area contributed by atoms with Gasteiger partial charge in [-0.25, -0.2) is 0 Å². The molecule has 20 heavy (non-hydrogen) atoms. The number of nitrogens with one attached hydrogen (secondary N) is 1. The third-order valence-corrected chi connectivity index (χ3v) is 3.76. The standard InChI is InChI=1S/C13H17N3O4/c1-8-6-10(15-20-8)13(18)16-4-2-9-11(7-16)19-5-3-14-12(9)17/h6,9,11H,2-5,7H2,1H3,(H,14,17)/t9-,11+/m1/s1. The van der Waals surface area contributed by atoms with Crippen LogP contribution in [-0.2, 0) is 9.53 Å². The van der Waals surface area contributed by atoms with Gasteiger partial charge in [-0.05, 0) is 13.3 Å². The molecule has 0 spiro atoms. The van der Waals surface area contributed by atoms with E-state index in [0.717, 1.165) is 0 Å². The summed E-state index contributed by atoms with van der Waals surface area (Å²) in [6.07, 6.45) is 0.377. The second-order valence-electron chi connectivity index (χ2n) is 5.17. The number of aromatic nitrogens is 1. The normalized spacial score (nSPS) is 26.6. The Labute approximate surface area is 116 Å². The Kier molecular flexibility index (Phi) is 3.43. The molecule has 2 aliphatic rings. The monoisotopic (exact) mass is 279 g/mol. The molecule has 1 aromatic rings. The summed E-state index contributed by atoms with van der Waals surface area (Å²) in [6.45, 7) is 3.71. The zero-order chi connectivity index (χ0) is 14.1. The van der Waals surface area contributed by atoms with E-state index in [2.05, 4.69) is 10.5 Å². The maximum atomic E-state index is 12.3. The fourth-order valence-corrected chi connectivity index (χ4v) is 2.71. The number of amides is 2. The lowest BCUT2D eigenvalue weighted by molar-refractivity contribution is -0.129. The van der Waals surface area contributed by atoms with E-state index in [1.165, 1.54) is 0 Å². The van der Waals surface area contributed by atoms with E-state index < -0.39 is 0 Å². The van der Waals surface area contributed by atoms with E-state index in [-0.39, 0.29) is 23.8 Å². The Morgan fingerprint density at radius 3 is 3.15 bits per heavy atom. The van der Waals surface area contributed by atoms with E-state index in [9.17, 15) is 9.59 Å². The topological polar surface area (TPSA) is 84.7 Å². The van der Waals surface area contributed by atoms with E-state index in [1.807, 2.05) is 0 Å². The molecule has 2 atom stereocenters. The largest absolute Gasteiger partial charge is 0.374 e. The maximum absolute atomic E-state index is 12.3. The highest BCUT2D eigenvalue weighted by molar-refractivity contribution is 5.92. The molecule has 0 aliphatic carbocycles. The van der Waals surface area contributed by atoms with Gasteiger partial charge in [0.05, 0.1) is 18.6 Å². The molecule has 7 nitrogen and oxygen atoms in total. The molecule has 0 bridgehead atoms. The molecule has 1 N–H and O–H groups in total. The Morgan fingerprint density at radius 2 is 2.40 bits per heavy atom. The predicted octanol–water partition coefficient (Wildman–Crippen LogP) is -0.0399. The highest BCUT2D eigenvalue weighted by atomic mass is 16.5. The fraction of sp³-hybridized carbons (Fsp3) is 0.615. The van der Waals surface area contributed by atoms with Crippen molar-refractivity contribution in [1.29, 1.82) is 0 Å². The van der Waals surface area contributed by atoms with Crippen LogP contribution in [0.1, 0.15) is 22.7 Å². The first-order valence-corrected chi connectivity index (χ1v) is 6.77. The fourth-order valence-electron chi connectivity index (χ4n) is 2.71. The van der Waals surface area contributed by atoms with Crippen molar-refractivity contribution in [2.75, 3.05) is 26.2 Å². The molecule has 108 valence electrons. The summed E-state index contributed by atoms with van der Waals surface area (Å²) in [5.41, 5.74) is 0.305. The van der Waals surface area contributed by atoms with Gasteiger partial charge in [-0.15, -0.1) is 0 Å². The van der Waals surface area contributed by atoms with E-state index in [0.29, 0.717) is 44.1 Å². The molecule has 0 aromatic carbocycles. The first-order chi connectivity index (χ1) is 9.65.